The second kappa shape index (κ2) is 11.3. The summed E-state index contributed by atoms with van der Waals surface area (Å²) in [7, 11) is 1.52. The number of ether oxygens (including phenoxy) is 3. The number of benzene rings is 3. The third-order valence-electron chi connectivity index (χ3n) is 4.15. The number of oxime groups is 1. The van der Waals surface area contributed by atoms with E-state index in [4.69, 9.17) is 19.0 Å². The molecular weight excluding hydrogens is 382 g/mol. The number of carbonyl (C=O) groups is 1. The van der Waals surface area contributed by atoms with Crippen molar-refractivity contribution in [1.29, 1.82) is 0 Å². The van der Waals surface area contributed by atoms with Gasteiger partial charge in [0.2, 0.25) is 0 Å². The molecule has 0 aromatic heterocycles. The summed E-state index contributed by atoms with van der Waals surface area (Å²) in [4.78, 5) is 15.3. The van der Waals surface area contributed by atoms with Gasteiger partial charge >= 0.3 is 0 Å². The van der Waals surface area contributed by atoms with E-state index in [9.17, 15) is 4.79 Å². The number of aldehydes is 1. The maximum atomic E-state index is 10.3. The third kappa shape index (κ3) is 6.38. The van der Waals surface area contributed by atoms with Gasteiger partial charge in [-0.2, -0.15) is 0 Å². The van der Waals surface area contributed by atoms with Crippen molar-refractivity contribution < 1.29 is 23.8 Å². The summed E-state index contributed by atoms with van der Waals surface area (Å²) in [6, 6.07) is 24.6. The lowest BCUT2D eigenvalue weighted by atomic mass is 10.1. The lowest BCUT2D eigenvalue weighted by Crippen LogP contribution is -2.13. The molecule has 0 bridgehead atoms. The quantitative estimate of drug-likeness (QED) is 0.271. The van der Waals surface area contributed by atoms with Crippen LogP contribution in [-0.4, -0.2) is 32.3 Å². The smallest absolute Gasteiger partial charge is 0.157 e. The van der Waals surface area contributed by atoms with Crippen molar-refractivity contribution in [3.8, 4) is 17.2 Å². The molecule has 0 unspecified atom stereocenters. The Kier molecular flexibility index (Phi) is 7.85. The molecule has 0 radical (unpaired) electrons. The summed E-state index contributed by atoms with van der Waals surface area (Å²) in [5.74, 6) is 2.08. The van der Waals surface area contributed by atoms with Gasteiger partial charge in [-0.3, -0.25) is 4.79 Å². The molecule has 0 fully saturated rings. The summed E-state index contributed by atoms with van der Waals surface area (Å²) < 4.78 is 16.8. The van der Waals surface area contributed by atoms with Gasteiger partial charge in [0, 0.05) is 5.56 Å². The fourth-order valence-corrected chi connectivity index (χ4v) is 2.67. The maximum Gasteiger partial charge on any atom is 0.157 e. The first-order chi connectivity index (χ1) is 14.8. The highest BCUT2D eigenvalue weighted by Gasteiger charge is 2.06. The topological polar surface area (TPSA) is 66.3 Å². The Morgan fingerprint density at radius 1 is 0.800 bits per heavy atom. The Morgan fingerprint density at radius 3 is 2.03 bits per heavy atom. The molecular formula is C24H23NO5. The van der Waals surface area contributed by atoms with Crippen LogP contribution in [0.1, 0.15) is 11.1 Å². The average Bonchev–Trinajstić information content (AvgIpc) is 2.81. The summed E-state index contributed by atoms with van der Waals surface area (Å²) in [6.07, 6.45) is 0.713. The number of carbonyl (C=O) groups excluding carboxylic acids is 1. The van der Waals surface area contributed by atoms with E-state index in [-0.39, 0.29) is 6.61 Å². The van der Waals surface area contributed by atoms with E-state index in [2.05, 4.69) is 5.16 Å². The molecule has 3 aromatic rings. The Labute approximate surface area is 175 Å². The van der Waals surface area contributed by atoms with Crippen LogP contribution in [0.4, 0.5) is 0 Å². The number of hydrogen-bond acceptors (Lipinski definition) is 6. The number of rotatable bonds is 11. The van der Waals surface area contributed by atoms with E-state index in [0.29, 0.717) is 31.0 Å². The lowest BCUT2D eigenvalue weighted by Gasteiger charge is -2.10. The number of nitrogens with zero attached hydrogens (tertiary/aromatic N) is 1. The molecule has 0 heterocycles. The van der Waals surface area contributed by atoms with Crippen LogP contribution < -0.4 is 14.2 Å². The molecule has 0 atom stereocenters. The molecule has 0 N–H and O–H groups in total. The molecule has 0 aliphatic carbocycles. The Bertz CT molecular complexity index is 938. The summed E-state index contributed by atoms with van der Waals surface area (Å²) in [6.45, 7) is 0.764. The highest BCUT2D eigenvalue weighted by Crippen LogP contribution is 2.19. The number of hydrogen-bond donors (Lipinski definition) is 0. The van der Waals surface area contributed by atoms with Crippen LogP contribution in [0.15, 0.2) is 84.0 Å². The van der Waals surface area contributed by atoms with Crippen molar-refractivity contribution in [3.05, 3.63) is 90.0 Å². The average molecular weight is 405 g/mol. The van der Waals surface area contributed by atoms with Gasteiger partial charge in [0.05, 0.1) is 0 Å². The van der Waals surface area contributed by atoms with E-state index in [1.54, 1.807) is 24.3 Å². The van der Waals surface area contributed by atoms with Crippen LogP contribution in [0.2, 0.25) is 0 Å². The van der Waals surface area contributed by atoms with Crippen molar-refractivity contribution in [2.24, 2.45) is 5.16 Å². The second-order valence-electron chi connectivity index (χ2n) is 6.26. The van der Waals surface area contributed by atoms with Crippen LogP contribution in [0.3, 0.4) is 0 Å². The fourth-order valence-electron chi connectivity index (χ4n) is 2.67. The zero-order chi connectivity index (χ0) is 21.0. The van der Waals surface area contributed by atoms with Crippen molar-refractivity contribution in [3.63, 3.8) is 0 Å². The molecule has 0 aliphatic heterocycles. The van der Waals surface area contributed by atoms with Gasteiger partial charge in [0.25, 0.3) is 0 Å². The first-order valence-electron chi connectivity index (χ1n) is 9.45. The fraction of sp³-hybridized carbons (Fsp3) is 0.167. The highest BCUT2D eigenvalue weighted by atomic mass is 16.6. The van der Waals surface area contributed by atoms with Crippen molar-refractivity contribution in [2.75, 3.05) is 20.3 Å². The monoisotopic (exact) mass is 405 g/mol. The minimum absolute atomic E-state index is 0.0405. The van der Waals surface area contributed by atoms with Gasteiger partial charge in [-0.25, -0.2) is 0 Å². The van der Waals surface area contributed by atoms with E-state index >= 15 is 0 Å². The first kappa shape index (κ1) is 20.9. The molecule has 0 amide bonds. The van der Waals surface area contributed by atoms with Crippen molar-refractivity contribution in [1.82, 2.24) is 0 Å². The molecule has 30 heavy (non-hydrogen) atoms. The second-order valence-corrected chi connectivity index (χ2v) is 6.26. The normalized spacial score (nSPS) is 10.9. The summed E-state index contributed by atoms with van der Waals surface area (Å²) in [5, 5.41) is 4.06. The molecule has 3 aromatic carbocycles. The van der Waals surface area contributed by atoms with E-state index < -0.39 is 0 Å². The largest absolute Gasteiger partial charge is 0.489 e. The lowest BCUT2D eigenvalue weighted by molar-refractivity contribution is -0.109. The third-order valence-corrected chi connectivity index (χ3v) is 4.15. The molecule has 6 heteroatoms. The molecule has 0 spiro atoms. The van der Waals surface area contributed by atoms with Gasteiger partial charge in [-0.15, -0.1) is 0 Å². The first-order valence-corrected chi connectivity index (χ1v) is 9.45. The molecule has 154 valence electrons. The van der Waals surface area contributed by atoms with Crippen LogP contribution in [0, 0.1) is 0 Å². The van der Waals surface area contributed by atoms with Gasteiger partial charge in [0.15, 0.2) is 6.29 Å². The predicted molar refractivity (Wildman–Crippen MR) is 114 cm³/mol. The van der Waals surface area contributed by atoms with Crippen LogP contribution in [0.5, 0.6) is 17.2 Å². The summed E-state index contributed by atoms with van der Waals surface area (Å²) >= 11 is 0. The molecule has 6 nitrogen and oxygen atoms in total. The molecule has 0 saturated heterocycles. The van der Waals surface area contributed by atoms with E-state index in [1.807, 2.05) is 54.6 Å². The molecule has 3 rings (SSSR count). The minimum Gasteiger partial charge on any atom is -0.489 e. The SMILES string of the molecule is CO/N=C(\COc1ccc(COc2ccc(OCC=O)cc2)cc1)c1ccccc1. The van der Waals surface area contributed by atoms with Crippen molar-refractivity contribution in [2.45, 2.75) is 6.61 Å². The van der Waals surface area contributed by atoms with Gasteiger partial charge in [-0.05, 0) is 42.0 Å². The van der Waals surface area contributed by atoms with Gasteiger partial charge in [-0.1, -0.05) is 47.6 Å². The van der Waals surface area contributed by atoms with Crippen LogP contribution in [-0.2, 0) is 16.2 Å². The Hall–Kier alpha value is -3.80. The maximum absolute atomic E-state index is 10.3. The Balaban J connectivity index is 1.51. The van der Waals surface area contributed by atoms with E-state index in [1.165, 1.54) is 7.11 Å². The molecule has 0 saturated carbocycles. The van der Waals surface area contributed by atoms with Crippen LogP contribution in [0.25, 0.3) is 0 Å². The zero-order valence-electron chi connectivity index (χ0n) is 16.7. The van der Waals surface area contributed by atoms with E-state index in [0.717, 1.165) is 22.6 Å². The van der Waals surface area contributed by atoms with Crippen LogP contribution >= 0.6 is 0 Å². The summed E-state index contributed by atoms with van der Waals surface area (Å²) in [5.41, 5.74) is 2.68. The standard InChI is InChI=1S/C24H23NO5/c1-27-25-24(20-5-3-2-4-6-20)18-30-22-9-7-19(8-10-22)17-29-23-13-11-21(12-14-23)28-16-15-26/h2-15H,16-18H2,1H3/b25-24+. The minimum atomic E-state index is 0.0405. The zero-order valence-corrected chi connectivity index (χ0v) is 16.7. The Morgan fingerprint density at radius 2 is 1.40 bits per heavy atom. The molecule has 0 aliphatic rings. The predicted octanol–water partition coefficient (Wildman–Crippen LogP) is 4.27. The van der Waals surface area contributed by atoms with Gasteiger partial charge < -0.3 is 19.0 Å². The van der Waals surface area contributed by atoms with Gasteiger partial charge in [0.1, 0.15) is 49.9 Å². The van der Waals surface area contributed by atoms with Crippen molar-refractivity contribution >= 4 is 12.0 Å². The highest BCUT2D eigenvalue weighted by molar-refractivity contribution is 6.01.